The first kappa shape index (κ1) is 10.5. The predicted octanol–water partition coefficient (Wildman–Crippen LogP) is 0.748. The van der Waals surface area contributed by atoms with Gasteiger partial charge >= 0.3 is 5.97 Å². The van der Waals surface area contributed by atoms with Crippen molar-refractivity contribution in [2.24, 2.45) is 5.73 Å². The largest absolute Gasteiger partial charge is 0.480 e. The maximum atomic E-state index is 10.4. The minimum Gasteiger partial charge on any atom is -0.480 e. The third kappa shape index (κ3) is 3.74. The summed E-state index contributed by atoms with van der Waals surface area (Å²) < 4.78 is 5.46. The molecule has 1 rings (SSSR count). The minimum absolute atomic E-state index is 0.235. The van der Waals surface area contributed by atoms with Crippen molar-refractivity contribution >= 4 is 5.97 Å². The molecular formula is C9H17NO3. The number of nitrogens with two attached hydrogens (primary N) is 1. The molecule has 0 bridgehead atoms. The van der Waals surface area contributed by atoms with Crippen molar-refractivity contribution in [3.05, 3.63) is 0 Å². The Balaban J connectivity index is 2.13. The second kappa shape index (κ2) is 5.19. The highest BCUT2D eigenvalue weighted by molar-refractivity contribution is 5.72. The van der Waals surface area contributed by atoms with Crippen LogP contribution in [0.4, 0.5) is 0 Å². The molecule has 0 aromatic carbocycles. The van der Waals surface area contributed by atoms with Crippen molar-refractivity contribution in [1.82, 2.24) is 0 Å². The van der Waals surface area contributed by atoms with E-state index in [0.717, 1.165) is 25.9 Å². The molecule has 0 saturated carbocycles. The van der Waals surface area contributed by atoms with Gasteiger partial charge in [-0.15, -0.1) is 0 Å². The molecule has 4 nitrogen and oxygen atoms in total. The molecule has 1 fully saturated rings. The van der Waals surface area contributed by atoms with Gasteiger partial charge in [-0.3, -0.25) is 4.79 Å². The molecule has 13 heavy (non-hydrogen) atoms. The molecule has 1 saturated heterocycles. The van der Waals surface area contributed by atoms with Gasteiger partial charge in [0.1, 0.15) is 6.04 Å². The lowest BCUT2D eigenvalue weighted by atomic mass is 10.0. The normalized spacial score (nSPS) is 25.5. The summed E-state index contributed by atoms with van der Waals surface area (Å²) >= 11 is 0. The standard InChI is InChI=1S/C9H17NO3/c10-8(9(11)12)5-4-7-3-1-2-6-13-7/h7-8H,1-6,10H2,(H,11,12). The van der Waals surface area contributed by atoms with E-state index in [2.05, 4.69) is 0 Å². The summed E-state index contributed by atoms with van der Waals surface area (Å²) in [5.41, 5.74) is 5.38. The smallest absolute Gasteiger partial charge is 0.320 e. The Morgan fingerprint density at radius 2 is 2.38 bits per heavy atom. The van der Waals surface area contributed by atoms with Gasteiger partial charge in [0.15, 0.2) is 0 Å². The zero-order valence-corrected chi connectivity index (χ0v) is 7.74. The van der Waals surface area contributed by atoms with Crippen LogP contribution in [-0.2, 0) is 9.53 Å². The number of hydrogen-bond acceptors (Lipinski definition) is 3. The summed E-state index contributed by atoms with van der Waals surface area (Å²) in [5.74, 6) is -0.921. The van der Waals surface area contributed by atoms with E-state index < -0.39 is 12.0 Å². The second-order valence-corrected chi connectivity index (χ2v) is 3.51. The molecule has 0 amide bonds. The average Bonchev–Trinajstić information content (AvgIpc) is 2.15. The van der Waals surface area contributed by atoms with Gasteiger partial charge < -0.3 is 15.6 Å². The highest BCUT2D eigenvalue weighted by Gasteiger charge is 2.17. The number of aliphatic carboxylic acids is 1. The van der Waals surface area contributed by atoms with Crippen LogP contribution in [0.5, 0.6) is 0 Å². The third-order valence-corrected chi connectivity index (χ3v) is 2.39. The Hall–Kier alpha value is -0.610. The van der Waals surface area contributed by atoms with Crippen LogP contribution in [0.15, 0.2) is 0 Å². The summed E-state index contributed by atoms with van der Waals surface area (Å²) in [7, 11) is 0. The topological polar surface area (TPSA) is 72.5 Å². The van der Waals surface area contributed by atoms with Crippen molar-refractivity contribution in [3.8, 4) is 0 Å². The zero-order chi connectivity index (χ0) is 9.68. The van der Waals surface area contributed by atoms with Crippen LogP contribution >= 0.6 is 0 Å². The van der Waals surface area contributed by atoms with Crippen molar-refractivity contribution < 1.29 is 14.6 Å². The first-order chi connectivity index (χ1) is 6.20. The monoisotopic (exact) mass is 187 g/mol. The molecule has 0 aliphatic carbocycles. The molecule has 76 valence electrons. The van der Waals surface area contributed by atoms with Crippen LogP contribution in [0.1, 0.15) is 32.1 Å². The summed E-state index contributed by atoms with van der Waals surface area (Å²) in [5, 5.41) is 8.55. The van der Waals surface area contributed by atoms with Crippen LogP contribution in [-0.4, -0.2) is 29.8 Å². The zero-order valence-electron chi connectivity index (χ0n) is 7.74. The average molecular weight is 187 g/mol. The molecule has 1 aliphatic heterocycles. The van der Waals surface area contributed by atoms with E-state index >= 15 is 0 Å². The van der Waals surface area contributed by atoms with E-state index in [0.29, 0.717) is 6.42 Å². The maximum absolute atomic E-state index is 10.4. The Morgan fingerprint density at radius 3 is 2.92 bits per heavy atom. The van der Waals surface area contributed by atoms with Crippen molar-refractivity contribution in [2.75, 3.05) is 6.61 Å². The molecule has 4 heteroatoms. The van der Waals surface area contributed by atoms with Crippen LogP contribution in [0.3, 0.4) is 0 Å². The van der Waals surface area contributed by atoms with E-state index in [-0.39, 0.29) is 6.10 Å². The summed E-state index contributed by atoms with van der Waals surface area (Å²) in [6, 6.07) is -0.731. The third-order valence-electron chi connectivity index (χ3n) is 2.39. The van der Waals surface area contributed by atoms with Gasteiger partial charge in [-0.25, -0.2) is 0 Å². The molecule has 2 unspecified atom stereocenters. The van der Waals surface area contributed by atoms with Crippen LogP contribution in [0.2, 0.25) is 0 Å². The molecule has 0 radical (unpaired) electrons. The number of ether oxygens (including phenoxy) is 1. The van der Waals surface area contributed by atoms with Crippen LogP contribution in [0.25, 0.3) is 0 Å². The summed E-state index contributed by atoms with van der Waals surface area (Å²) in [6.07, 6.45) is 4.88. The molecule has 3 N–H and O–H groups in total. The Kier molecular flexibility index (Phi) is 4.18. The van der Waals surface area contributed by atoms with Crippen LogP contribution in [0, 0.1) is 0 Å². The molecular weight excluding hydrogens is 170 g/mol. The van der Waals surface area contributed by atoms with Gasteiger partial charge in [-0.2, -0.15) is 0 Å². The molecule has 2 atom stereocenters. The lowest BCUT2D eigenvalue weighted by Gasteiger charge is -2.22. The van der Waals surface area contributed by atoms with Crippen molar-refractivity contribution in [1.29, 1.82) is 0 Å². The fourth-order valence-electron chi connectivity index (χ4n) is 1.52. The summed E-state index contributed by atoms with van der Waals surface area (Å²) in [6.45, 7) is 0.812. The Morgan fingerprint density at radius 1 is 1.62 bits per heavy atom. The van der Waals surface area contributed by atoms with E-state index in [9.17, 15) is 4.79 Å². The SMILES string of the molecule is NC(CCC1CCCCO1)C(=O)O. The molecule has 0 aromatic heterocycles. The number of rotatable bonds is 4. The lowest BCUT2D eigenvalue weighted by Crippen LogP contribution is -2.32. The molecule has 0 spiro atoms. The van der Waals surface area contributed by atoms with Gasteiger partial charge in [0.2, 0.25) is 0 Å². The fraction of sp³-hybridized carbons (Fsp3) is 0.889. The Labute approximate surface area is 78.1 Å². The number of carbonyl (C=O) groups is 1. The van der Waals surface area contributed by atoms with E-state index in [1.54, 1.807) is 0 Å². The van der Waals surface area contributed by atoms with Crippen LogP contribution < -0.4 is 5.73 Å². The predicted molar refractivity (Wildman–Crippen MR) is 48.4 cm³/mol. The van der Waals surface area contributed by atoms with E-state index in [1.807, 2.05) is 0 Å². The van der Waals surface area contributed by atoms with Crippen molar-refractivity contribution in [3.63, 3.8) is 0 Å². The van der Waals surface area contributed by atoms with E-state index in [1.165, 1.54) is 6.42 Å². The second-order valence-electron chi connectivity index (χ2n) is 3.51. The molecule has 1 aliphatic rings. The lowest BCUT2D eigenvalue weighted by molar-refractivity contribution is -0.138. The number of carboxylic acids is 1. The van der Waals surface area contributed by atoms with Crippen molar-refractivity contribution in [2.45, 2.75) is 44.2 Å². The van der Waals surface area contributed by atoms with E-state index in [4.69, 9.17) is 15.6 Å². The summed E-state index contributed by atoms with van der Waals surface area (Å²) in [4.78, 5) is 10.4. The fourth-order valence-corrected chi connectivity index (χ4v) is 1.52. The van der Waals surface area contributed by atoms with Gasteiger partial charge in [0, 0.05) is 6.61 Å². The highest BCUT2D eigenvalue weighted by atomic mass is 16.5. The molecule has 0 aromatic rings. The highest BCUT2D eigenvalue weighted by Crippen LogP contribution is 2.17. The first-order valence-corrected chi connectivity index (χ1v) is 4.80. The number of carboxylic acid groups (broad SMARTS) is 1. The van der Waals surface area contributed by atoms with Gasteiger partial charge in [0.05, 0.1) is 6.10 Å². The number of hydrogen-bond donors (Lipinski definition) is 2. The van der Waals surface area contributed by atoms with Gasteiger partial charge in [-0.05, 0) is 32.1 Å². The molecule has 1 heterocycles. The quantitative estimate of drug-likeness (QED) is 0.681. The van der Waals surface area contributed by atoms with Gasteiger partial charge in [-0.1, -0.05) is 0 Å². The van der Waals surface area contributed by atoms with Gasteiger partial charge in [0.25, 0.3) is 0 Å². The minimum atomic E-state index is -0.921. The first-order valence-electron chi connectivity index (χ1n) is 4.80. The maximum Gasteiger partial charge on any atom is 0.320 e. The Bertz CT molecular complexity index is 166.